The molecule has 2 aliphatic rings. The van der Waals surface area contributed by atoms with Crippen molar-refractivity contribution in [3.63, 3.8) is 0 Å². The highest BCUT2D eigenvalue weighted by Gasteiger charge is 2.33. The number of amidine groups is 1. The molecule has 0 aromatic rings. The van der Waals surface area contributed by atoms with E-state index in [1.165, 1.54) is 32.1 Å². The van der Waals surface area contributed by atoms with Crippen molar-refractivity contribution in [2.45, 2.75) is 56.7 Å². The molecular weight excluding hydrogens is 220 g/mol. The number of nitrogens with zero attached hydrogens (tertiary/aromatic N) is 1. The first kappa shape index (κ1) is 12.0. The standard InChI is InChI=1S/C12H20N2OS/c1-12(2)11(15)13-10(14-12)8-16-9-6-4-3-5-7-9/h9H,3-8H2,1-2H3,(H,13,14,15). The number of amides is 1. The lowest BCUT2D eigenvalue weighted by Gasteiger charge is -2.20. The molecule has 16 heavy (non-hydrogen) atoms. The normalized spacial score (nSPS) is 25.4. The van der Waals surface area contributed by atoms with Crippen molar-refractivity contribution in [1.29, 1.82) is 0 Å². The van der Waals surface area contributed by atoms with Crippen LogP contribution >= 0.6 is 11.8 Å². The quantitative estimate of drug-likeness (QED) is 0.823. The molecule has 1 aliphatic heterocycles. The molecule has 0 aromatic carbocycles. The molecule has 0 aromatic heterocycles. The van der Waals surface area contributed by atoms with Gasteiger partial charge in [0.05, 0.1) is 5.75 Å². The van der Waals surface area contributed by atoms with Crippen molar-refractivity contribution >= 4 is 23.5 Å². The van der Waals surface area contributed by atoms with Crippen molar-refractivity contribution in [2.24, 2.45) is 4.99 Å². The zero-order chi connectivity index (χ0) is 11.6. The second kappa shape index (κ2) is 4.78. The largest absolute Gasteiger partial charge is 0.312 e. The highest BCUT2D eigenvalue weighted by Crippen LogP contribution is 2.28. The van der Waals surface area contributed by atoms with Crippen LogP contribution in [0.25, 0.3) is 0 Å². The van der Waals surface area contributed by atoms with E-state index < -0.39 is 5.54 Å². The van der Waals surface area contributed by atoms with E-state index >= 15 is 0 Å². The summed E-state index contributed by atoms with van der Waals surface area (Å²) in [6.07, 6.45) is 6.77. The summed E-state index contributed by atoms with van der Waals surface area (Å²) < 4.78 is 0. The van der Waals surface area contributed by atoms with Gasteiger partial charge in [-0.15, -0.1) is 0 Å². The molecule has 0 unspecified atom stereocenters. The van der Waals surface area contributed by atoms with E-state index in [9.17, 15) is 4.79 Å². The van der Waals surface area contributed by atoms with Crippen LogP contribution in [0.1, 0.15) is 46.0 Å². The van der Waals surface area contributed by atoms with Crippen LogP contribution in [0.5, 0.6) is 0 Å². The Bertz CT molecular complexity index is 306. The maximum atomic E-state index is 11.5. The first-order valence-corrected chi connectivity index (χ1v) is 7.14. The topological polar surface area (TPSA) is 41.5 Å². The smallest absolute Gasteiger partial charge is 0.252 e. The second-order valence-corrected chi connectivity index (χ2v) is 6.43. The fourth-order valence-electron chi connectivity index (χ4n) is 2.20. The number of hydrogen-bond acceptors (Lipinski definition) is 3. The Hall–Kier alpha value is -0.510. The molecule has 1 amide bonds. The van der Waals surface area contributed by atoms with Crippen LogP contribution in [-0.2, 0) is 4.79 Å². The lowest BCUT2D eigenvalue weighted by atomic mass is 10.0. The molecule has 1 heterocycles. The molecule has 0 saturated heterocycles. The van der Waals surface area contributed by atoms with Crippen LogP contribution in [0.4, 0.5) is 0 Å². The number of hydrogen-bond donors (Lipinski definition) is 1. The number of rotatable bonds is 3. The van der Waals surface area contributed by atoms with Crippen molar-refractivity contribution in [3.05, 3.63) is 0 Å². The van der Waals surface area contributed by atoms with E-state index in [1.54, 1.807) is 0 Å². The maximum Gasteiger partial charge on any atom is 0.252 e. The lowest BCUT2D eigenvalue weighted by molar-refractivity contribution is -0.122. The van der Waals surface area contributed by atoms with Crippen LogP contribution in [0.3, 0.4) is 0 Å². The Balaban J connectivity index is 1.80. The predicted molar refractivity (Wildman–Crippen MR) is 69.0 cm³/mol. The minimum Gasteiger partial charge on any atom is -0.312 e. The zero-order valence-corrected chi connectivity index (χ0v) is 10.9. The second-order valence-electron chi connectivity index (χ2n) is 5.14. The fourth-order valence-corrected chi connectivity index (χ4v) is 3.39. The molecule has 1 fully saturated rings. The molecule has 4 heteroatoms. The van der Waals surface area contributed by atoms with Gasteiger partial charge in [-0.2, -0.15) is 11.8 Å². The van der Waals surface area contributed by atoms with E-state index in [1.807, 2.05) is 25.6 Å². The van der Waals surface area contributed by atoms with Crippen LogP contribution in [0, 0.1) is 0 Å². The summed E-state index contributed by atoms with van der Waals surface area (Å²) >= 11 is 1.95. The highest BCUT2D eigenvalue weighted by molar-refractivity contribution is 8.00. The molecule has 1 N–H and O–H groups in total. The average molecular weight is 240 g/mol. The number of carbonyl (C=O) groups excluding carboxylic acids is 1. The van der Waals surface area contributed by atoms with Crippen LogP contribution in [0.15, 0.2) is 4.99 Å². The third-order valence-corrected chi connectivity index (χ3v) is 4.62. The molecule has 1 aliphatic carbocycles. The minimum atomic E-state index is -0.553. The number of carbonyl (C=O) groups is 1. The van der Waals surface area contributed by atoms with Crippen molar-refractivity contribution in [2.75, 3.05) is 5.75 Å². The molecule has 0 atom stereocenters. The number of thioether (sulfide) groups is 1. The Morgan fingerprint density at radius 2 is 2.06 bits per heavy atom. The van der Waals surface area contributed by atoms with Gasteiger partial charge in [0.15, 0.2) is 0 Å². The predicted octanol–water partition coefficient (Wildman–Crippen LogP) is 2.36. The van der Waals surface area contributed by atoms with Gasteiger partial charge in [-0.25, -0.2) is 0 Å². The highest BCUT2D eigenvalue weighted by atomic mass is 32.2. The van der Waals surface area contributed by atoms with Gasteiger partial charge in [0.1, 0.15) is 11.4 Å². The van der Waals surface area contributed by atoms with Crippen molar-refractivity contribution < 1.29 is 4.79 Å². The number of nitrogens with one attached hydrogen (secondary N) is 1. The van der Waals surface area contributed by atoms with E-state index in [4.69, 9.17) is 0 Å². The molecule has 0 bridgehead atoms. The van der Waals surface area contributed by atoms with Gasteiger partial charge in [-0.05, 0) is 26.7 Å². The van der Waals surface area contributed by atoms with E-state index in [0.717, 1.165) is 16.8 Å². The van der Waals surface area contributed by atoms with E-state index in [2.05, 4.69) is 10.3 Å². The summed E-state index contributed by atoms with van der Waals surface area (Å²) in [5.41, 5.74) is -0.553. The summed E-state index contributed by atoms with van der Waals surface area (Å²) in [6.45, 7) is 3.72. The SMILES string of the molecule is CC1(C)N=C(CSC2CCCCC2)NC1=O. The molecule has 90 valence electrons. The Kier molecular flexibility index (Phi) is 3.57. The molecule has 3 nitrogen and oxygen atoms in total. The van der Waals surface area contributed by atoms with Gasteiger partial charge in [0.25, 0.3) is 5.91 Å². The summed E-state index contributed by atoms with van der Waals surface area (Å²) in [7, 11) is 0. The summed E-state index contributed by atoms with van der Waals surface area (Å²) in [6, 6.07) is 0. The molecule has 0 spiro atoms. The molecule has 1 saturated carbocycles. The van der Waals surface area contributed by atoms with Crippen LogP contribution < -0.4 is 5.32 Å². The van der Waals surface area contributed by atoms with Gasteiger partial charge in [0.2, 0.25) is 0 Å². The van der Waals surface area contributed by atoms with Crippen molar-refractivity contribution in [1.82, 2.24) is 5.32 Å². The lowest BCUT2D eigenvalue weighted by Crippen LogP contribution is -2.35. The Labute approximate surface area is 101 Å². The monoisotopic (exact) mass is 240 g/mol. The summed E-state index contributed by atoms with van der Waals surface area (Å²) in [5, 5.41) is 3.65. The van der Waals surface area contributed by atoms with Gasteiger partial charge in [-0.1, -0.05) is 19.3 Å². The van der Waals surface area contributed by atoms with E-state index in [0.29, 0.717) is 0 Å². The van der Waals surface area contributed by atoms with Gasteiger partial charge in [0, 0.05) is 5.25 Å². The zero-order valence-electron chi connectivity index (χ0n) is 10.1. The minimum absolute atomic E-state index is 0.0340. The molecular formula is C12H20N2OS. The number of aliphatic imine (C=N–C) groups is 1. The third kappa shape index (κ3) is 2.78. The average Bonchev–Trinajstić information content (AvgIpc) is 2.52. The van der Waals surface area contributed by atoms with Crippen LogP contribution in [0.2, 0.25) is 0 Å². The van der Waals surface area contributed by atoms with Crippen LogP contribution in [-0.4, -0.2) is 28.3 Å². The third-order valence-electron chi connectivity index (χ3n) is 3.24. The summed E-state index contributed by atoms with van der Waals surface area (Å²) in [5.74, 6) is 1.76. The summed E-state index contributed by atoms with van der Waals surface area (Å²) in [4.78, 5) is 15.9. The van der Waals surface area contributed by atoms with E-state index in [-0.39, 0.29) is 5.91 Å². The van der Waals surface area contributed by atoms with Gasteiger partial charge >= 0.3 is 0 Å². The van der Waals surface area contributed by atoms with Gasteiger partial charge in [-0.3, -0.25) is 9.79 Å². The fraction of sp³-hybridized carbons (Fsp3) is 0.833. The van der Waals surface area contributed by atoms with Crippen molar-refractivity contribution in [3.8, 4) is 0 Å². The Morgan fingerprint density at radius 1 is 1.38 bits per heavy atom. The molecule has 2 rings (SSSR count). The maximum absolute atomic E-state index is 11.5. The first-order chi connectivity index (χ1) is 7.58. The first-order valence-electron chi connectivity index (χ1n) is 6.10. The molecule has 0 radical (unpaired) electrons. The van der Waals surface area contributed by atoms with Gasteiger partial charge < -0.3 is 5.32 Å². The Morgan fingerprint density at radius 3 is 2.62 bits per heavy atom.